The molecule has 2 heterocycles. The van der Waals surface area contributed by atoms with Gasteiger partial charge in [-0.25, -0.2) is 0 Å². The van der Waals surface area contributed by atoms with E-state index in [2.05, 4.69) is 16.4 Å². The van der Waals surface area contributed by atoms with E-state index in [1.807, 2.05) is 19.2 Å². The van der Waals surface area contributed by atoms with Gasteiger partial charge in [0, 0.05) is 11.9 Å². The predicted octanol–water partition coefficient (Wildman–Crippen LogP) is 1.66. The Hall–Kier alpha value is -0.930. The monoisotopic (exact) mass is 206 g/mol. The number of rotatable bonds is 3. The van der Waals surface area contributed by atoms with E-state index in [0.717, 1.165) is 31.6 Å². The minimum atomic E-state index is 0.430. The molecule has 1 aromatic heterocycles. The quantitative estimate of drug-likeness (QED) is 0.816. The van der Waals surface area contributed by atoms with Crippen LogP contribution in [0.5, 0.6) is 0 Å². The van der Waals surface area contributed by atoms with Crippen molar-refractivity contribution in [1.29, 1.82) is 0 Å². The number of ether oxygens (including phenoxy) is 1. The second-order valence-corrected chi connectivity index (χ2v) is 4.07. The molecule has 1 saturated heterocycles. The molecule has 15 heavy (non-hydrogen) atoms. The van der Waals surface area contributed by atoms with Gasteiger partial charge in [0.15, 0.2) is 0 Å². The summed E-state index contributed by atoms with van der Waals surface area (Å²) < 4.78 is 5.86. The van der Waals surface area contributed by atoms with Gasteiger partial charge in [0.1, 0.15) is 0 Å². The summed E-state index contributed by atoms with van der Waals surface area (Å²) in [5.41, 5.74) is 2.28. The molecular formula is C12H18N2O. The molecule has 0 spiro atoms. The summed E-state index contributed by atoms with van der Waals surface area (Å²) in [6.45, 7) is 4.89. The van der Waals surface area contributed by atoms with Crippen LogP contribution in [0.15, 0.2) is 18.3 Å². The molecule has 0 bridgehead atoms. The number of pyridine rings is 1. The number of aryl methyl sites for hydroxylation is 1. The van der Waals surface area contributed by atoms with Gasteiger partial charge >= 0.3 is 0 Å². The van der Waals surface area contributed by atoms with Crippen LogP contribution < -0.4 is 5.32 Å². The molecule has 1 aliphatic rings. The lowest BCUT2D eigenvalue weighted by atomic mass is 10.1. The van der Waals surface area contributed by atoms with Gasteiger partial charge in [0.05, 0.1) is 12.7 Å². The standard InChI is InChI=1S/C12H18N2O/c1-10-8-11(2-7-14-10)9-15-12-3-5-13-6-4-12/h2,7-8,12-13H,3-6,9H2,1H3. The molecule has 1 N–H and O–H groups in total. The van der Waals surface area contributed by atoms with Gasteiger partial charge in [-0.1, -0.05) is 0 Å². The molecule has 82 valence electrons. The van der Waals surface area contributed by atoms with E-state index in [1.54, 1.807) is 0 Å². The van der Waals surface area contributed by atoms with Crippen molar-refractivity contribution in [3.63, 3.8) is 0 Å². The number of hydrogen-bond donors (Lipinski definition) is 1. The smallest absolute Gasteiger partial charge is 0.0721 e. The van der Waals surface area contributed by atoms with Crippen LogP contribution in [0.4, 0.5) is 0 Å². The summed E-state index contributed by atoms with van der Waals surface area (Å²) in [7, 11) is 0. The van der Waals surface area contributed by atoms with Crippen LogP contribution in [-0.2, 0) is 11.3 Å². The number of hydrogen-bond acceptors (Lipinski definition) is 3. The van der Waals surface area contributed by atoms with Gasteiger partial charge in [0.2, 0.25) is 0 Å². The van der Waals surface area contributed by atoms with E-state index < -0.39 is 0 Å². The molecule has 1 fully saturated rings. The number of aromatic nitrogens is 1. The van der Waals surface area contributed by atoms with E-state index in [0.29, 0.717) is 12.7 Å². The minimum Gasteiger partial charge on any atom is -0.373 e. The third-order valence-corrected chi connectivity index (χ3v) is 2.73. The SMILES string of the molecule is Cc1cc(COC2CCNCC2)ccn1. The van der Waals surface area contributed by atoms with Gasteiger partial charge in [0.25, 0.3) is 0 Å². The first kappa shape index (κ1) is 10.6. The Morgan fingerprint density at radius 2 is 2.27 bits per heavy atom. The maximum Gasteiger partial charge on any atom is 0.0721 e. The lowest BCUT2D eigenvalue weighted by Gasteiger charge is -2.22. The second-order valence-electron chi connectivity index (χ2n) is 4.07. The molecule has 0 aromatic carbocycles. The first-order valence-electron chi connectivity index (χ1n) is 5.58. The molecule has 3 heteroatoms. The molecule has 0 amide bonds. The molecule has 2 rings (SSSR count). The maximum absolute atomic E-state index is 5.86. The highest BCUT2D eigenvalue weighted by Crippen LogP contribution is 2.11. The number of nitrogens with one attached hydrogen (secondary N) is 1. The van der Waals surface area contributed by atoms with Crippen LogP contribution >= 0.6 is 0 Å². The van der Waals surface area contributed by atoms with Crippen LogP contribution in [0, 0.1) is 6.92 Å². The predicted molar refractivity (Wildman–Crippen MR) is 59.7 cm³/mol. The van der Waals surface area contributed by atoms with Crippen molar-refractivity contribution in [3.8, 4) is 0 Å². The number of piperidine rings is 1. The van der Waals surface area contributed by atoms with E-state index in [1.165, 1.54) is 5.56 Å². The van der Waals surface area contributed by atoms with E-state index >= 15 is 0 Å². The molecule has 1 aliphatic heterocycles. The summed E-state index contributed by atoms with van der Waals surface area (Å²) >= 11 is 0. The van der Waals surface area contributed by atoms with Crippen molar-refractivity contribution < 1.29 is 4.74 Å². The van der Waals surface area contributed by atoms with Crippen molar-refractivity contribution in [1.82, 2.24) is 10.3 Å². The fourth-order valence-corrected chi connectivity index (χ4v) is 1.87. The Morgan fingerprint density at radius 3 is 3.00 bits per heavy atom. The summed E-state index contributed by atoms with van der Waals surface area (Å²) in [4.78, 5) is 4.17. The zero-order valence-corrected chi connectivity index (χ0v) is 9.20. The van der Waals surface area contributed by atoms with Crippen molar-refractivity contribution in [3.05, 3.63) is 29.6 Å². The Bertz CT molecular complexity index is 308. The van der Waals surface area contributed by atoms with E-state index in [-0.39, 0.29) is 0 Å². The zero-order chi connectivity index (χ0) is 10.5. The molecule has 0 unspecified atom stereocenters. The summed E-state index contributed by atoms with van der Waals surface area (Å²) in [5, 5.41) is 3.33. The van der Waals surface area contributed by atoms with E-state index in [9.17, 15) is 0 Å². The average molecular weight is 206 g/mol. The Balaban J connectivity index is 1.81. The molecular weight excluding hydrogens is 188 g/mol. The van der Waals surface area contributed by atoms with Gasteiger partial charge in [-0.05, 0) is 50.6 Å². The molecule has 0 atom stereocenters. The summed E-state index contributed by atoms with van der Waals surface area (Å²) in [6.07, 6.45) is 4.53. The Kier molecular flexibility index (Phi) is 3.69. The molecule has 1 aromatic rings. The fraction of sp³-hybridized carbons (Fsp3) is 0.583. The van der Waals surface area contributed by atoms with Crippen molar-refractivity contribution >= 4 is 0 Å². The molecule has 0 radical (unpaired) electrons. The van der Waals surface area contributed by atoms with Gasteiger partial charge < -0.3 is 10.1 Å². The van der Waals surface area contributed by atoms with Crippen molar-refractivity contribution in [2.75, 3.05) is 13.1 Å². The first-order valence-corrected chi connectivity index (χ1v) is 5.58. The first-order chi connectivity index (χ1) is 7.34. The summed E-state index contributed by atoms with van der Waals surface area (Å²) in [6, 6.07) is 4.11. The largest absolute Gasteiger partial charge is 0.373 e. The maximum atomic E-state index is 5.86. The van der Waals surface area contributed by atoms with Gasteiger partial charge in [-0.15, -0.1) is 0 Å². The highest BCUT2D eigenvalue weighted by Gasteiger charge is 2.12. The Morgan fingerprint density at radius 1 is 1.47 bits per heavy atom. The van der Waals surface area contributed by atoms with Crippen LogP contribution in [-0.4, -0.2) is 24.2 Å². The molecule has 0 saturated carbocycles. The van der Waals surface area contributed by atoms with Crippen LogP contribution in [0.2, 0.25) is 0 Å². The van der Waals surface area contributed by atoms with Gasteiger partial charge in [-0.2, -0.15) is 0 Å². The topological polar surface area (TPSA) is 34.1 Å². The lowest BCUT2D eigenvalue weighted by molar-refractivity contribution is 0.0212. The Labute approximate surface area is 90.9 Å². The lowest BCUT2D eigenvalue weighted by Crippen LogP contribution is -2.32. The van der Waals surface area contributed by atoms with Crippen molar-refractivity contribution in [2.45, 2.75) is 32.5 Å². The number of nitrogens with zero attached hydrogens (tertiary/aromatic N) is 1. The average Bonchev–Trinajstić information content (AvgIpc) is 2.28. The zero-order valence-electron chi connectivity index (χ0n) is 9.20. The van der Waals surface area contributed by atoms with Gasteiger partial charge in [-0.3, -0.25) is 4.98 Å². The fourth-order valence-electron chi connectivity index (χ4n) is 1.87. The highest BCUT2D eigenvalue weighted by molar-refractivity contribution is 5.14. The van der Waals surface area contributed by atoms with Crippen LogP contribution in [0.25, 0.3) is 0 Å². The summed E-state index contributed by atoms with van der Waals surface area (Å²) in [5.74, 6) is 0. The van der Waals surface area contributed by atoms with Crippen LogP contribution in [0.3, 0.4) is 0 Å². The third-order valence-electron chi connectivity index (χ3n) is 2.73. The highest BCUT2D eigenvalue weighted by atomic mass is 16.5. The molecule has 0 aliphatic carbocycles. The minimum absolute atomic E-state index is 0.430. The third kappa shape index (κ3) is 3.29. The normalized spacial score (nSPS) is 17.9. The molecule has 3 nitrogen and oxygen atoms in total. The van der Waals surface area contributed by atoms with E-state index in [4.69, 9.17) is 4.74 Å². The van der Waals surface area contributed by atoms with Crippen LogP contribution in [0.1, 0.15) is 24.1 Å². The second kappa shape index (κ2) is 5.24. The van der Waals surface area contributed by atoms with Crippen molar-refractivity contribution in [2.24, 2.45) is 0 Å².